The molecule has 3 heteroatoms. The summed E-state index contributed by atoms with van der Waals surface area (Å²) in [5.74, 6) is 0.966. The number of nitrogens with zero attached hydrogens (tertiary/aromatic N) is 1. The number of carbonyl (C=O) groups is 1. The van der Waals surface area contributed by atoms with Gasteiger partial charge in [0.05, 0.1) is 12.2 Å². The van der Waals surface area contributed by atoms with Crippen molar-refractivity contribution in [3.8, 4) is 5.75 Å². The van der Waals surface area contributed by atoms with Crippen molar-refractivity contribution in [1.82, 2.24) is 0 Å². The van der Waals surface area contributed by atoms with Gasteiger partial charge >= 0.3 is 0 Å². The lowest BCUT2D eigenvalue weighted by Gasteiger charge is -2.28. The molecule has 1 aliphatic heterocycles. The molecular formula is C13H17NO2. The Balaban J connectivity index is 2.11. The van der Waals surface area contributed by atoms with Crippen LogP contribution in [0.4, 0.5) is 5.69 Å². The molecule has 0 saturated heterocycles. The van der Waals surface area contributed by atoms with Crippen molar-refractivity contribution >= 4 is 12.0 Å². The number of benzene rings is 1. The predicted molar refractivity (Wildman–Crippen MR) is 64.2 cm³/mol. The number of hydrogen-bond donors (Lipinski definition) is 0. The smallest absolute Gasteiger partial charge is 0.142 e. The van der Waals surface area contributed by atoms with Crippen LogP contribution in [0.15, 0.2) is 18.2 Å². The summed E-state index contributed by atoms with van der Waals surface area (Å²) in [6, 6.07) is 6.28. The van der Waals surface area contributed by atoms with E-state index >= 15 is 0 Å². The number of anilines is 1. The van der Waals surface area contributed by atoms with Gasteiger partial charge in [-0.05, 0) is 30.5 Å². The highest BCUT2D eigenvalue weighted by Gasteiger charge is 2.14. The van der Waals surface area contributed by atoms with Crippen LogP contribution in [0, 0.1) is 0 Å². The third-order valence-electron chi connectivity index (χ3n) is 2.91. The van der Waals surface area contributed by atoms with Gasteiger partial charge in [-0.2, -0.15) is 0 Å². The number of fused-ring (bicyclic) bond motifs is 1. The molecule has 1 aromatic carbocycles. The van der Waals surface area contributed by atoms with E-state index in [1.165, 1.54) is 5.56 Å². The zero-order valence-corrected chi connectivity index (χ0v) is 9.61. The summed E-state index contributed by atoms with van der Waals surface area (Å²) in [4.78, 5) is 12.5. The van der Waals surface area contributed by atoms with Crippen LogP contribution in [0.1, 0.15) is 18.4 Å². The van der Waals surface area contributed by atoms with Crippen LogP contribution >= 0.6 is 0 Å². The molecule has 1 heterocycles. The van der Waals surface area contributed by atoms with Gasteiger partial charge in [0.25, 0.3) is 0 Å². The third-order valence-corrected chi connectivity index (χ3v) is 2.91. The Hall–Kier alpha value is -1.51. The van der Waals surface area contributed by atoms with E-state index < -0.39 is 0 Å². The van der Waals surface area contributed by atoms with Crippen molar-refractivity contribution in [2.24, 2.45) is 0 Å². The minimum absolute atomic E-state index is 0.642. The summed E-state index contributed by atoms with van der Waals surface area (Å²) in [6.07, 6.45) is 3.50. The summed E-state index contributed by atoms with van der Waals surface area (Å²) in [5.41, 5.74) is 2.44. The highest BCUT2D eigenvalue weighted by molar-refractivity contribution is 5.61. The molecule has 0 atom stereocenters. The average Bonchev–Trinajstić information content (AvgIpc) is 2.30. The van der Waals surface area contributed by atoms with Gasteiger partial charge in [-0.15, -0.1) is 0 Å². The fourth-order valence-corrected chi connectivity index (χ4v) is 1.94. The largest absolute Gasteiger partial charge is 0.490 e. The van der Waals surface area contributed by atoms with Crippen molar-refractivity contribution in [2.45, 2.75) is 19.3 Å². The Bertz CT molecular complexity index is 376. The lowest BCUT2D eigenvalue weighted by Crippen LogP contribution is -2.28. The molecule has 2 rings (SSSR count). The maximum atomic E-state index is 10.3. The fourth-order valence-electron chi connectivity index (χ4n) is 1.94. The second-order valence-corrected chi connectivity index (χ2v) is 4.13. The van der Waals surface area contributed by atoms with E-state index in [9.17, 15) is 4.79 Å². The summed E-state index contributed by atoms with van der Waals surface area (Å²) >= 11 is 0. The van der Waals surface area contributed by atoms with Gasteiger partial charge in [-0.1, -0.05) is 6.07 Å². The number of carbonyl (C=O) groups excluding carboxylic acids is 1. The fraction of sp³-hybridized carbons (Fsp3) is 0.462. The summed E-state index contributed by atoms with van der Waals surface area (Å²) in [6.45, 7) is 1.69. The molecule has 0 saturated carbocycles. The van der Waals surface area contributed by atoms with E-state index in [1.54, 1.807) is 0 Å². The maximum Gasteiger partial charge on any atom is 0.142 e. The van der Waals surface area contributed by atoms with Crippen LogP contribution in [0.2, 0.25) is 0 Å². The van der Waals surface area contributed by atoms with Crippen LogP contribution in [0.5, 0.6) is 5.75 Å². The third kappa shape index (κ3) is 2.35. The van der Waals surface area contributed by atoms with Gasteiger partial charge in [0, 0.05) is 13.5 Å². The number of ether oxygens (including phenoxy) is 1. The van der Waals surface area contributed by atoms with Crippen LogP contribution in [0.25, 0.3) is 0 Å². The molecule has 1 aliphatic rings. The van der Waals surface area contributed by atoms with Gasteiger partial charge in [-0.25, -0.2) is 0 Å². The van der Waals surface area contributed by atoms with Crippen LogP contribution in [0.3, 0.4) is 0 Å². The highest BCUT2D eigenvalue weighted by atomic mass is 16.5. The zero-order chi connectivity index (χ0) is 11.4. The molecule has 0 fully saturated rings. The Morgan fingerprint density at radius 3 is 3.19 bits per heavy atom. The van der Waals surface area contributed by atoms with E-state index in [-0.39, 0.29) is 0 Å². The normalized spacial score (nSPS) is 14.2. The Morgan fingerprint density at radius 2 is 2.38 bits per heavy atom. The number of unbranched alkanes of at least 4 members (excludes halogenated alkanes) is 1. The van der Waals surface area contributed by atoms with Crippen LogP contribution in [-0.4, -0.2) is 26.5 Å². The lowest BCUT2D eigenvalue weighted by molar-refractivity contribution is -0.107. The van der Waals surface area contributed by atoms with Crippen molar-refractivity contribution in [3.63, 3.8) is 0 Å². The van der Waals surface area contributed by atoms with Crippen molar-refractivity contribution in [1.29, 1.82) is 0 Å². The first-order valence-electron chi connectivity index (χ1n) is 5.72. The van der Waals surface area contributed by atoms with Gasteiger partial charge in [0.2, 0.25) is 0 Å². The van der Waals surface area contributed by atoms with Crippen molar-refractivity contribution < 1.29 is 9.53 Å². The zero-order valence-electron chi connectivity index (χ0n) is 9.61. The monoisotopic (exact) mass is 219 g/mol. The second kappa shape index (κ2) is 5.01. The Labute approximate surface area is 96.0 Å². The van der Waals surface area contributed by atoms with E-state index in [1.807, 2.05) is 6.07 Å². The minimum Gasteiger partial charge on any atom is -0.490 e. The van der Waals surface area contributed by atoms with E-state index in [0.29, 0.717) is 6.42 Å². The van der Waals surface area contributed by atoms with E-state index in [0.717, 1.165) is 43.7 Å². The molecule has 0 bridgehead atoms. The summed E-state index contributed by atoms with van der Waals surface area (Å²) in [7, 11) is 2.08. The molecule has 0 radical (unpaired) electrons. The van der Waals surface area contributed by atoms with Crippen LogP contribution in [-0.2, 0) is 11.2 Å². The lowest BCUT2D eigenvalue weighted by atomic mass is 10.1. The second-order valence-electron chi connectivity index (χ2n) is 4.13. The topological polar surface area (TPSA) is 29.5 Å². The SMILES string of the molecule is CN1CCOc2ccc(CCCC=O)cc21. The first-order chi connectivity index (χ1) is 7.81. The number of aryl methyl sites for hydroxylation is 1. The molecule has 0 spiro atoms. The van der Waals surface area contributed by atoms with Gasteiger partial charge in [0.1, 0.15) is 18.6 Å². The molecule has 0 unspecified atom stereocenters. The van der Waals surface area contributed by atoms with Crippen molar-refractivity contribution in [3.05, 3.63) is 23.8 Å². The molecular weight excluding hydrogens is 202 g/mol. The number of rotatable bonds is 4. The first-order valence-corrected chi connectivity index (χ1v) is 5.72. The molecule has 16 heavy (non-hydrogen) atoms. The minimum atomic E-state index is 0.642. The Kier molecular flexibility index (Phi) is 3.44. The van der Waals surface area contributed by atoms with E-state index in [4.69, 9.17) is 4.74 Å². The summed E-state index contributed by atoms with van der Waals surface area (Å²) in [5, 5.41) is 0. The van der Waals surface area contributed by atoms with Gasteiger partial charge in [-0.3, -0.25) is 0 Å². The predicted octanol–water partition coefficient (Wildman–Crippen LogP) is 2.04. The first kappa shape index (κ1) is 11.0. The number of aldehydes is 1. The van der Waals surface area contributed by atoms with Gasteiger partial charge in [0.15, 0.2) is 0 Å². The number of hydrogen-bond acceptors (Lipinski definition) is 3. The van der Waals surface area contributed by atoms with E-state index in [2.05, 4.69) is 24.1 Å². The quantitative estimate of drug-likeness (QED) is 0.573. The molecule has 86 valence electrons. The van der Waals surface area contributed by atoms with Crippen molar-refractivity contribution in [2.75, 3.05) is 25.1 Å². The molecule has 0 aromatic heterocycles. The molecule has 3 nitrogen and oxygen atoms in total. The van der Waals surface area contributed by atoms with Crippen LogP contribution < -0.4 is 9.64 Å². The molecule has 0 N–H and O–H groups in total. The highest BCUT2D eigenvalue weighted by Crippen LogP contribution is 2.31. The molecule has 0 aliphatic carbocycles. The average molecular weight is 219 g/mol. The number of likely N-dealkylation sites (N-methyl/N-ethyl adjacent to an activating group) is 1. The summed E-state index contributed by atoms with van der Waals surface area (Å²) < 4.78 is 5.58. The standard InChI is InChI=1S/C13H17NO2/c1-14-7-9-16-13-6-5-11(10-12(13)14)4-2-3-8-15/h5-6,8,10H,2-4,7,9H2,1H3. The Morgan fingerprint density at radius 1 is 1.50 bits per heavy atom. The van der Waals surface area contributed by atoms with Gasteiger partial charge < -0.3 is 14.4 Å². The molecule has 0 amide bonds. The molecule has 1 aromatic rings. The maximum absolute atomic E-state index is 10.3.